The standard InChI is InChI=1S/C28H36N6O6/c1-15(2)21-29-23(39-31-21)19-9-7-17-11-13-27(19,33(17)5)37-25(35)26(36)38-28-14-12-18(34(28)6)8-10-20(28)24-30-22(16(3)4)32-40-24/h9-10,15-18H,7-8,11-14H2,1-6H3. The normalized spacial score (nSPS) is 30.1. The molecule has 6 rings (SSSR count). The van der Waals surface area contributed by atoms with Crippen molar-refractivity contribution in [2.24, 2.45) is 0 Å². The molecular formula is C28H36N6O6. The second-order valence-corrected chi connectivity index (χ2v) is 11.9. The first-order chi connectivity index (χ1) is 19.1. The van der Waals surface area contributed by atoms with Crippen LogP contribution in [-0.2, 0) is 19.1 Å². The van der Waals surface area contributed by atoms with Crippen LogP contribution in [0.1, 0.15) is 101 Å². The maximum absolute atomic E-state index is 13.5. The van der Waals surface area contributed by atoms with Crippen LogP contribution in [-0.4, -0.2) is 79.6 Å². The van der Waals surface area contributed by atoms with Crippen molar-refractivity contribution in [2.75, 3.05) is 14.1 Å². The van der Waals surface area contributed by atoms with Gasteiger partial charge in [-0.1, -0.05) is 50.2 Å². The first-order valence-corrected chi connectivity index (χ1v) is 14.1. The predicted molar refractivity (Wildman–Crippen MR) is 141 cm³/mol. The Labute approximate surface area is 232 Å². The zero-order valence-corrected chi connectivity index (χ0v) is 23.8. The lowest BCUT2D eigenvalue weighted by atomic mass is 9.96. The average molecular weight is 553 g/mol. The number of hydrogen-bond donors (Lipinski definition) is 0. The Bertz CT molecular complexity index is 1290. The molecule has 0 N–H and O–H groups in total. The molecule has 0 aromatic carbocycles. The van der Waals surface area contributed by atoms with E-state index in [0.717, 1.165) is 25.7 Å². The van der Waals surface area contributed by atoms with Crippen LogP contribution in [0.2, 0.25) is 0 Å². The maximum Gasteiger partial charge on any atom is 0.419 e. The molecule has 0 amide bonds. The summed E-state index contributed by atoms with van der Waals surface area (Å²) < 4.78 is 23.3. The van der Waals surface area contributed by atoms with E-state index < -0.39 is 23.4 Å². The molecule has 4 bridgehead atoms. The fourth-order valence-electron chi connectivity index (χ4n) is 6.49. The summed E-state index contributed by atoms with van der Waals surface area (Å²) in [6.07, 6.45) is 8.04. The molecular weight excluding hydrogens is 516 g/mol. The maximum atomic E-state index is 13.5. The summed E-state index contributed by atoms with van der Waals surface area (Å²) >= 11 is 0. The van der Waals surface area contributed by atoms with Crippen LogP contribution in [0.5, 0.6) is 0 Å². The van der Waals surface area contributed by atoms with E-state index >= 15 is 0 Å². The lowest BCUT2D eigenvalue weighted by Crippen LogP contribution is -2.54. The second-order valence-electron chi connectivity index (χ2n) is 11.9. The SMILES string of the molecule is CC(C)c1noc(C2=CCC3CCC2(OC(=O)C(=O)OC24CCC(CC=C2c2nc(C(C)C)no2)N4C)N3C)n1. The van der Waals surface area contributed by atoms with Gasteiger partial charge in [-0.15, -0.1) is 0 Å². The summed E-state index contributed by atoms with van der Waals surface area (Å²) in [4.78, 5) is 40.1. The number of aromatic nitrogens is 4. The summed E-state index contributed by atoms with van der Waals surface area (Å²) in [5, 5.41) is 8.19. The smallest absolute Gasteiger partial charge is 0.419 e. The molecule has 2 aromatic rings. The minimum Gasteiger partial charge on any atom is -0.431 e. The zero-order valence-electron chi connectivity index (χ0n) is 23.8. The van der Waals surface area contributed by atoms with Crippen molar-refractivity contribution < 1.29 is 28.1 Å². The minimum atomic E-state index is -1.20. The van der Waals surface area contributed by atoms with Gasteiger partial charge >= 0.3 is 11.9 Å². The number of hydrogen-bond acceptors (Lipinski definition) is 12. The van der Waals surface area contributed by atoms with E-state index in [2.05, 4.69) is 20.3 Å². The number of fused-ring (bicyclic) bond motifs is 4. The van der Waals surface area contributed by atoms with Crippen molar-refractivity contribution in [3.05, 3.63) is 35.6 Å². The highest BCUT2D eigenvalue weighted by atomic mass is 16.6. The summed E-state index contributed by atoms with van der Waals surface area (Å²) in [5.41, 5.74) is -1.20. The molecule has 4 unspecified atom stereocenters. The van der Waals surface area contributed by atoms with Crippen LogP contribution in [0.25, 0.3) is 11.1 Å². The number of likely N-dealkylation sites (N-methyl/N-ethyl adjacent to an activating group) is 2. The lowest BCUT2D eigenvalue weighted by molar-refractivity contribution is -0.193. The van der Waals surface area contributed by atoms with Gasteiger partial charge in [0, 0.05) is 36.8 Å². The number of nitrogens with zero attached hydrogens (tertiary/aromatic N) is 6. The highest BCUT2D eigenvalue weighted by Crippen LogP contribution is 2.50. The molecule has 4 aliphatic rings. The molecule has 0 spiro atoms. The Hall–Kier alpha value is -3.38. The van der Waals surface area contributed by atoms with Crippen molar-refractivity contribution in [1.29, 1.82) is 0 Å². The van der Waals surface area contributed by atoms with Crippen LogP contribution < -0.4 is 0 Å². The first kappa shape index (κ1) is 26.8. The first-order valence-electron chi connectivity index (χ1n) is 14.1. The lowest BCUT2D eigenvalue weighted by Gasteiger charge is -2.42. The quantitative estimate of drug-likeness (QED) is 0.382. The van der Waals surface area contributed by atoms with Crippen molar-refractivity contribution in [3.63, 3.8) is 0 Å². The van der Waals surface area contributed by atoms with E-state index in [-0.39, 0.29) is 23.9 Å². The molecule has 0 aliphatic carbocycles. The highest BCUT2D eigenvalue weighted by Gasteiger charge is 2.58. The molecule has 0 radical (unpaired) electrons. The van der Waals surface area contributed by atoms with Gasteiger partial charge in [0.05, 0.1) is 11.1 Å². The highest BCUT2D eigenvalue weighted by molar-refractivity contribution is 6.30. The number of carbonyl (C=O) groups excluding carboxylic acids is 2. The van der Waals surface area contributed by atoms with Gasteiger partial charge in [0.25, 0.3) is 11.8 Å². The largest absolute Gasteiger partial charge is 0.431 e. The van der Waals surface area contributed by atoms with Crippen molar-refractivity contribution >= 4 is 23.1 Å². The fourth-order valence-corrected chi connectivity index (χ4v) is 6.49. The summed E-state index contributed by atoms with van der Waals surface area (Å²) in [6.45, 7) is 7.90. The fraction of sp³-hybridized carbons (Fsp3) is 0.643. The van der Waals surface area contributed by atoms with Gasteiger partial charge in [-0.25, -0.2) is 9.59 Å². The average Bonchev–Trinajstić information content (AvgIpc) is 3.67. The molecule has 4 atom stereocenters. The third-order valence-corrected chi connectivity index (χ3v) is 8.96. The molecule has 0 saturated carbocycles. The molecule has 12 nitrogen and oxygen atoms in total. The number of carbonyl (C=O) groups is 2. The van der Waals surface area contributed by atoms with Crippen LogP contribution in [0.3, 0.4) is 0 Å². The van der Waals surface area contributed by atoms with Crippen LogP contribution in [0, 0.1) is 0 Å². The molecule has 40 heavy (non-hydrogen) atoms. The molecule has 2 saturated heterocycles. The van der Waals surface area contributed by atoms with Gasteiger partial charge in [-0.05, 0) is 39.8 Å². The monoisotopic (exact) mass is 552 g/mol. The zero-order chi connectivity index (χ0) is 28.4. The summed E-state index contributed by atoms with van der Waals surface area (Å²) in [6, 6.07) is 0.335. The molecule has 2 aromatic heterocycles. The van der Waals surface area contributed by atoms with Crippen molar-refractivity contribution in [3.8, 4) is 0 Å². The Kier molecular flexibility index (Phi) is 6.45. The Morgan fingerprint density at radius 3 is 1.55 bits per heavy atom. The van der Waals surface area contributed by atoms with Crippen LogP contribution >= 0.6 is 0 Å². The second kappa shape index (κ2) is 9.62. The van der Waals surface area contributed by atoms with Crippen molar-refractivity contribution in [2.45, 2.75) is 102 Å². The number of esters is 2. The van der Waals surface area contributed by atoms with E-state index in [4.69, 9.17) is 18.5 Å². The number of ether oxygens (including phenoxy) is 2. The number of rotatable bonds is 6. The molecule has 12 heteroatoms. The molecule has 4 aliphatic heterocycles. The predicted octanol–water partition coefficient (Wildman–Crippen LogP) is 3.64. The van der Waals surface area contributed by atoms with Gasteiger partial charge in [-0.2, -0.15) is 9.97 Å². The Morgan fingerprint density at radius 2 is 1.20 bits per heavy atom. The minimum absolute atomic E-state index is 0.0731. The molecule has 6 heterocycles. The van der Waals surface area contributed by atoms with E-state index in [9.17, 15) is 9.59 Å². The van der Waals surface area contributed by atoms with E-state index in [0.29, 0.717) is 47.4 Å². The van der Waals surface area contributed by atoms with Gasteiger partial charge < -0.3 is 18.5 Å². The third-order valence-electron chi connectivity index (χ3n) is 8.96. The van der Waals surface area contributed by atoms with E-state index in [1.54, 1.807) is 0 Å². The van der Waals surface area contributed by atoms with Gasteiger partial charge in [-0.3, -0.25) is 9.80 Å². The van der Waals surface area contributed by atoms with Crippen LogP contribution in [0.4, 0.5) is 0 Å². The Morgan fingerprint density at radius 1 is 0.800 bits per heavy atom. The summed E-state index contributed by atoms with van der Waals surface area (Å²) in [5.74, 6) is -0.283. The molecule has 214 valence electrons. The van der Waals surface area contributed by atoms with Crippen molar-refractivity contribution in [1.82, 2.24) is 30.1 Å². The Balaban J connectivity index is 1.27. The van der Waals surface area contributed by atoms with E-state index in [1.165, 1.54) is 0 Å². The van der Waals surface area contributed by atoms with Gasteiger partial charge in [0.2, 0.25) is 0 Å². The van der Waals surface area contributed by atoms with Gasteiger partial charge in [0.15, 0.2) is 23.1 Å². The van der Waals surface area contributed by atoms with Crippen LogP contribution in [0.15, 0.2) is 21.2 Å². The third kappa shape index (κ3) is 4.02. The topological polar surface area (TPSA) is 137 Å². The molecule has 2 fully saturated rings. The van der Waals surface area contributed by atoms with E-state index in [1.807, 2.05) is 63.7 Å². The van der Waals surface area contributed by atoms with Gasteiger partial charge in [0.1, 0.15) is 0 Å². The summed E-state index contributed by atoms with van der Waals surface area (Å²) in [7, 11) is 3.78.